The Hall–Kier alpha value is -0.570. The Balaban J connectivity index is 2.20. The number of methoxy groups -OCH3 is 1. The van der Waals surface area contributed by atoms with Crippen LogP contribution < -0.4 is 0 Å². The van der Waals surface area contributed by atoms with Crippen LogP contribution in [0.5, 0.6) is 0 Å². The lowest BCUT2D eigenvalue weighted by Crippen LogP contribution is -2.58. The van der Waals surface area contributed by atoms with Crippen molar-refractivity contribution >= 4 is 5.97 Å². The highest BCUT2D eigenvalue weighted by Crippen LogP contribution is 2.69. The summed E-state index contributed by atoms with van der Waals surface area (Å²) in [6.45, 7) is 6.26. The second-order valence-electron chi connectivity index (χ2n) is 6.12. The average molecular weight is 212 g/mol. The zero-order valence-corrected chi connectivity index (χ0v) is 9.96. The third-order valence-electron chi connectivity index (χ3n) is 4.23. The number of esters is 1. The predicted molar refractivity (Wildman–Crippen MR) is 56.2 cm³/mol. The van der Waals surface area contributed by atoms with Gasteiger partial charge in [0, 0.05) is 0 Å². The van der Waals surface area contributed by atoms with Crippen LogP contribution in [-0.2, 0) is 9.53 Å². The van der Waals surface area contributed by atoms with Gasteiger partial charge in [-0.15, -0.1) is 0 Å². The number of carbonyl (C=O) groups excluding carboxylic acids is 1. The summed E-state index contributed by atoms with van der Waals surface area (Å²) >= 11 is 0. The van der Waals surface area contributed by atoms with Crippen LogP contribution in [-0.4, -0.2) is 23.8 Å². The van der Waals surface area contributed by atoms with Gasteiger partial charge >= 0.3 is 5.97 Å². The van der Waals surface area contributed by atoms with E-state index in [1.807, 2.05) is 6.92 Å². The maximum Gasteiger partial charge on any atom is 0.315 e. The molecule has 0 spiro atoms. The number of rotatable bonds is 2. The fraction of sp³-hybridized carbons (Fsp3) is 0.917. The highest BCUT2D eigenvalue weighted by molar-refractivity contribution is 5.82. The van der Waals surface area contributed by atoms with E-state index in [-0.39, 0.29) is 17.3 Å². The summed E-state index contributed by atoms with van der Waals surface area (Å²) in [4.78, 5) is 11.8. The average Bonchev–Trinajstić information content (AvgIpc) is 2.74. The largest absolute Gasteiger partial charge is 0.468 e. The minimum Gasteiger partial charge on any atom is -0.468 e. The van der Waals surface area contributed by atoms with E-state index in [0.29, 0.717) is 12.8 Å². The Bertz CT molecular complexity index is 300. The molecular formula is C12H20O3. The van der Waals surface area contributed by atoms with Gasteiger partial charge in [0.2, 0.25) is 0 Å². The molecule has 0 aromatic carbocycles. The molecule has 0 saturated heterocycles. The smallest absolute Gasteiger partial charge is 0.315 e. The highest BCUT2D eigenvalue weighted by Gasteiger charge is 2.74. The van der Waals surface area contributed by atoms with E-state index in [1.54, 1.807) is 0 Å². The lowest BCUT2D eigenvalue weighted by atomic mass is 9.55. The Morgan fingerprint density at radius 3 is 2.13 bits per heavy atom. The molecule has 3 nitrogen and oxygen atoms in total. The van der Waals surface area contributed by atoms with E-state index in [1.165, 1.54) is 7.11 Å². The van der Waals surface area contributed by atoms with E-state index in [9.17, 15) is 9.90 Å². The van der Waals surface area contributed by atoms with Gasteiger partial charge in [-0.3, -0.25) is 4.79 Å². The molecule has 2 fully saturated rings. The normalized spacial score (nSPS) is 40.5. The molecule has 0 amide bonds. The van der Waals surface area contributed by atoms with E-state index in [0.717, 1.165) is 6.42 Å². The molecule has 2 rings (SSSR count). The van der Waals surface area contributed by atoms with Gasteiger partial charge in [0.1, 0.15) is 0 Å². The molecule has 2 aliphatic carbocycles. The second-order valence-corrected chi connectivity index (χ2v) is 6.12. The zero-order chi connectivity index (χ0) is 11.5. The van der Waals surface area contributed by atoms with Gasteiger partial charge in [-0.1, -0.05) is 20.8 Å². The van der Waals surface area contributed by atoms with Crippen LogP contribution in [0.25, 0.3) is 0 Å². The topological polar surface area (TPSA) is 46.5 Å². The van der Waals surface area contributed by atoms with Crippen molar-refractivity contribution in [3.8, 4) is 0 Å². The molecule has 15 heavy (non-hydrogen) atoms. The minimum absolute atomic E-state index is 0.165. The molecule has 2 atom stereocenters. The summed E-state index contributed by atoms with van der Waals surface area (Å²) in [5, 5.41) is 10.5. The number of aliphatic hydroxyl groups is 1. The standard InChI is InChI=1S/C12H20O3/c1-8-5-12(8,9(13)15-4)11(14)6-10(2,3)7-11/h8,14H,5-7H2,1-4H3. The maximum atomic E-state index is 11.8. The van der Waals surface area contributed by atoms with Crippen LogP contribution in [0.1, 0.15) is 40.0 Å². The van der Waals surface area contributed by atoms with Gasteiger partial charge in [-0.25, -0.2) is 0 Å². The van der Waals surface area contributed by atoms with Crippen LogP contribution in [0.2, 0.25) is 0 Å². The zero-order valence-electron chi connectivity index (χ0n) is 9.96. The Labute approximate surface area is 90.8 Å². The number of ether oxygens (including phenoxy) is 1. The molecule has 0 heterocycles. The molecule has 2 saturated carbocycles. The molecule has 0 bridgehead atoms. The summed E-state index contributed by atoms with van der Waals surface area (Å²) in [5.41, 5.74) is -1.25. The number of hydrogen-bond acceptors (Lipinski definition) is 3. The number of hydrogen-bond donors (Lipinski definition) is 1. The van der Waals surface area contributed by atoms with Crippen molar-refractivity contribution in [1.29, 1.82) is 0 Å². The summed E-state index contributed by atoms with van der Waals surface area (Å²) in [6.07, 6.45) is 2.19. The molecule has 2 unspecified atom stereocenters. The first-order chi connectivity index (χ1) is 6.77. The Kier molecular flexibility index (Phi) is 2.01. The highest BCUT2D eigenvalue weighted by atomic mass is 16.5. The van der Waals surface area contributed by atoms with Gasteiger partial charge in [0.05, 0.1) is 18.1 Å². The van der Waals surface area contributed by atoms with Crippen LogP contribution in [0, 0.1) is 16.7 Å². The third kappa shape index (κ3) is 1.25. The van der Waals surface area contributed by atoms with Gasteiger partial charge in [0.25, 0.3) is 0 Å². The molecule has 1 N–H and O–H groups in total. The van der Waals surface area contributed by atoms with Crippen molar-refractivity contribution in [1.82, 2.24) is 0 Å². The molecular weight excluding hydrogens is 192 g/mol. The lowest BCUT2D eigenvalue weighted by Gasteiger charge is -2.53. The molecule has 2 aliphatic rings. The Morgan fingerprint density at radius 1 is 1.40 bits per heavy atom. The van der Waals surface area contributed by atoms with Gasteiger partial charge in [-0.05, 0) is 30.6 Å². The van der Waals surface area contributed by atoms with Crippen LogP contribution in [0.15, 0.2) is 0 Å². The van der Waals surface area contributed by atoms with E-state index < -0.39 is 11.0 Å². The van der Waals surface area contributed by atoms with E-state index in [2.05, 4.69) is 13.8 Å². The summed E-state index contributed by atoms with van der Waals surface area (Å²) in [7, 11) is 1.41. The molecule has 0 aromatic heterocycles. The molecule has 0 radical (unpaired) electrons. The van der Waals surface area contributed by atoms with Gasteiger partial charge in [-0.2, -0.15) is 0 Å². The van der Waals surface area contributed by atoms with Crippen molar-refractivity contribution in [2.45, 2.75) is 45.6 Å². The second kappa shape index (κ2) is 2.76. The summed E-state index contributed by atoms with van der Waals surface area (Å²) in [6, 6.07) is 0. The van der Waals surface area contributed by atoms with Crippen molar-refractivity contribution in [3.05, 3.63) is 0 Å². The monoisotopic (exact) mass is 212 g/mol. The summed E-state index contributed by atoms with van der Waals surface area (Å²) < 4.78 is 4.84. The summed E-state index contributed by atoms with van der Waals surface area (Å²) in [5.74, 6) is 0.0269. The van der Waals surface area contributed by atoms with Gasteiger partial charge in [0.15, 0.2) is 0 Å². The first-order valence-corrected chi connectivity index (χ1v) is 5.58. The van der Waals surface area contributed by atoms with Crippen LogP contribution in [0.3, 0.4) is 0 Å². The maximum absolute atomic E-state index is 11.8. The molecule has 3 heteroatoms. The van der Waals surface area contributed by atoms with Crippen molar-refractivity contribution < 1.29 is 14.6 Å². The first kappa shape index (κ1) is 10.9. The molecule has 0 aliphatic heterocycles. The molecule has 0 aromatic rings. The van der Waals surface area contributed by atoms with Crippen molar-refractivity contribution in [2.75, 3.05) is 7.11 Å². The fourth-order valence-corrected chi connectivity index (χ4v) is 3.58. The third-order valence-corrected chi connectivity index (χ3v) is 4.23. The fourth-order valence-electron chi connectivity index (χ4n) is 3.58. The van der Waals surface area contributed by atoms with Gasteiger partial charge < -0.3 is 9.84 Å². The quantitative estimate of drug-likeness (QED) is 0.709. The van der Waals surface area contributed by atoms with Crippen molar-refractivity contribution in [3.63, 3.8) is 0 Å². The van der Waals surface area contributed by atoms with Crippen LogP contribution in [0.4, 0.5) is 0 Å². The van der Waals surface area contributed by atoms with Crippen LogP contribution >= 0.6 is 0 Å². The minimum atomic E-state index is -0.816. The first-order valence-electron chi connectivity index (χ1n) is 5.58. The lowest BCUT2D eigenvalue weighted by molar-refractivity contribution is -0.191. The van der Waals surface area contributed by atoms with Crippen molar-refractivity contribution in [2.24, 2.45) is 16.7 Å². The van der Waals surface area contributed by atoms with E-state index in [4.69, 9.17) is 4.74 Å². The molecule has 86 valence electrons. The van der Waals surface area contributed by atoms with E-state index >= 15 is 0 Å². The SMILES string of the molecule is COC(=O)C1(C2(O)CC(C)(C)C2)CC1C. The Morgan fingerprint density at radius 2 is 1.87 bits per heavy atom. The number of carbonyl (C=O) groups is 1. The predicted octanol–water partition coefficient (Wildman–Crippen LogP) is 1.74.